The molecule has 1 aromatic carbocycles. The molecule has 0 unspecified atom stereocenters. The molecule has 0 aliphatic rings. The maximum absolute atomic E-state index is 12.4. The van der Waals surface area contributed by atoms with Crippen molar-refractivity contribution < 1.29 is 14.7 Å². The van der Waals surface area contributed by atoms with Crippen molar-refractivity contribution in [1.82, 2.24) is 9.55 Å². The smallest absolute Gasteiger partial charge is 0.335 e. The SMILES string of the molecule is CCc1cc2c(=O)n(CC(=O)Nc3ccc(C(=O)O)cc3)cnc2s1. The van der Waals surface area contributed by atoms with Gasteiger partial charge in [-0.15, -0.1) is 11.3 Å². The van der Waals surface area contributed by atoms with Gasteiger partial charge in [0.25, 0.3) is 5.56 Å². The van der Waals surface area contributed by atoms with Gasteiger partial charge in [0.05, 0.1) is 17.3 Å². The molecule has 3 aromatic rings. The molecular formula is C17H15N3O4S. The van der Waals surface area contributed by atoms with Crippen LogP contribution in [-0.4, -0.2) is 26.5 Å². The van der Waals surface area contributed by atoms with Crippen LogP contribution in [0, 0.1) is 0 Å². The average molecular weight is 357 g/mol. The van der Waals surface area contributed by atoms with Crippen LogP contribution < -0.4 is 10.9 Å². The van der Waals surface area contributed by atoms with Gasteiger partial charge < -0.3 is 10.4 Å². The summed E-state index contributed by atoms with van der Waals surface area (Å²) in [4.78, 5) is 41.4. The van der Waals surface area contributed by atoms with E-state index in [0.29, 0.717) is 15.9 Å². The lowest BCUT2D eigenvalue weighted by molar-refractivity contribution is -0.116. The summed E-state index contributed by atoms with van der Waals surface area (Å²) in [6.07, 6.45) is 2.20. The summed E-state index contributed by atoms with van der Waals surface area (Å²) in [7, 11) is 0. The molecule has 2 heterocycles. The lowest BCUT2D eigenvalue weighted by atomic mass is 10.2. The van der Waals surface area contributed by atoms with E-state index in [1.807, 2.05) is 13.0 Å². The van der Waals surface area contributed by atoms with Crippen LogP contribution in [-0.2, 0) is 17.8 Å². The number of aromatic carboxylic acids is 1. The molecule has 3 rings (SSSR count). The number of thiophene rings is 1. The van der Waals surface area contributed by atoms with Gasteiger partial charge in [-0.3, -0.25) is 14.2 Å². The summed E-state index contributed by atoms with van der Waals surface area (Å²) in [6.45, 7) is 1.84. The Morgan fingerprint density at radius 3 is 2.64 bits per heavy atom. The van der Waals surface area contributed by atoms with Gasteiger partial charge in [0.1, 0.15) is 11.4 Å². The molecule has 7 nitrogen and oxygen atoms in total. The van der Waals surface area contributed by atoms with Crippen molar-refractivity contribution in [3.63, 3.8) is 0 Å². The summed E-state index contributed by atoms with van der Waals surface area (Å²) >= 11 is 1.47. The van der Waals surface area contributed by atoms with E-state index < -0.39 is 11.9 Å². The number of nitrogens with one attached hydrogen (secondary N) is 1. The Bertz CT molecular complexity index is 1000. The number of benzene rings is 1. The van der Waals surface area contributed by atoms with Gasteiger partial charge in [-0.25, -0.2) is 9.78 Å². The van der Waals surface area contributed by atoms with Crippen molar-refractivity contribution in [2.45, 2.75) is 19.9 Å². The Balaban J connectivity index is 1.76. The van der Waals surface area contributed by atoms with E-state index in [0.717, 1.165) is 11.3 Å². The Morgan fingerprint density at radius 2 is 2.00 bits per heavy atom. The minimum atomic E-state index is -1.04. The second-order valence-electron chi connectivity index (χ2n) is 5.39. The molecule has 0 bridgehead atoms. The Morgan fingerprint density at radius 1 is 1.28 bits per heavy atom. The molecule has 0 atom stereocenters. The number of aromatic nitrogens is 2. The molecule has 0 aliphatic carbocycles. The van der Waals surface area contributed by atoms with E-state index in [2.05, 4.69) is 10.3 Å². The fraction of sp³-hybridized carbons (Fsp3) is 0.176. The van der Waals surface area contributed by atoms with Crippen molar-refractivity contribution in [2.24, 2.45) is 0 Å². The van der Waals surface area contributed by atoms with Gasteiger partial charge in [0, 0.05) is 10.6 Å². The predicted octanol–water partition coefficient (Wildman–Crippen LogP) is 2.36. The Kier molecular flexibility index (Phi) is 4.62. The van der Waals surface area contributed by atoms with Crippen molar-refractivity contribution in [1.29, 1.82) is 0 Å². The zero-order valence-corrected chi connectivity index (χ0v) is 14.2. The van der Waals surface area contributed by atoms with E-state index in [9.17, 15) is 14.4 Å². The maximum Gasteiger partial charge on any atom is 0.335 e. The molecule has 128 valence electrons. The first-order valence-corrected chi connectivity index (χ1v) is 8.40. The highest BCUT2D eigenvalue weighted by molar-refractivity contribution is 7.18. The number of carbonyl (C=O) groups excluding carboxylic acids is 1. The topological polar surface area (TPSA) is 101 Å². The van der Waals surface area contributed by atoms with Crippen molar-refractivity contribution >= 4 is 39.1 Å². The number of hydrogen-bond donors (Lipinski definition) is 2. The number of rotatable bonds is 5. The molecule has 0 radical (unpaired) electrons. The number of fused-ring (bicyclic) bond motifs is 1. The van der Waals surface area contributed by atoms with Crippen LogP contribution in [0.25, 0.3) is 10.2 Å². The van der Waals surface area contributed by atoms with Crippen LogP contribution in [0.15, 0.2) is 41.5 Å². The van der Waals surface area contributed by atoms with Gasteiger partial charge in [-0.1, -0.05) is 6.92 Å². The minimum Gasteiger partial charge on any atom is -0.478 e. The number of carbonyl (C=O) groups is 2. The van der Waals surface area contributed by atoms with E-state index in [1.165, 1.54) is 46.5 Å². The number of carboxylic acids is 1. The third-order valence-electron chi connectivity index (χ3n) is 3.65. The third kappa shape index (κ3) is 3.58. The van der Waals surface area contributed by atoms with E-state index in [-0.39, 0.29) is 17.7 Å². The fourth-order valence-corrected chi connectivity index (χ4v) is 3.27. The van der Waals surface area contributed by atoms with Crippen LogP contribution in [0.4, 0.5) is 5.69 Å². The van der Waals surface area contributed by atoms with Crippen LogP contribution in [0.2, 0.25) is 0 Å². The molecule has 0 spiro atoms. The normalized spacial score (nSPS) is 10.8. The second-order valence-corrected chi connectivity index (χ2v) is 6.51. The summed E-state index contributed by atoms with van der Waals surface area (Å²) in [5.74, 6) is -1.43. The average Bonchev–Trinajstić information content (AvgIpc) is 3.02. The number of carboxylic acid groups (broad SMARTS) is 1. The highest BCUT2D eigenvalue weighted by Crippen LogP contribution is 2.21. The van der Waals surface area contributed by atoms with E-state index >= 15 is 0 Å². The first-order valence-electron chi connectivity index (χ1n) is 7.59. The Hall–Kier alpha value is -3.00. The van der Waals surface area contributed by atoms with Crippen LogP contribution in [0.3, 0.4) is 0 Å². The van der Waals surface area contributed by atoms with Gasteiger partial charge >= 0.3 is 5.97 Å². The molecule has 8 heteroatoms. The van der Waals surface area contributed by atoms with Gasteiger partial charge in [0.15, 0.2) is 0 Å². The van der Waals surface area contributed by atoms with E-state index in [4.69, 9.17) is 5.11 Å². The van der Waals surface area contributed by atoms with Crippen LogP contribution in [0.5, 0.6) is 0 Å². The molecule has 0 aliphatic heterocycles. The van der Waals surface area contributed by atoms with Crippen LogP contribution >= 0.6 is 11.3 Å². The highest BCUT2D eigenvalue weighted by Gasteiger charge is 2.11. The molecule has 2 aromatic heterocycles. The minimum absolute atomic E-state index is 0.132. The Labute approximate surface area is 146 Å². The maximum atomic E-state index is 12.4. The van der Waals surface area contributed by atoms with Crippen molar-refractivity contribution in [3.8, 4) is 0 Å². The molecule has 25 heavy (non-hydrogen) atoms. The zero-order chi connectivity index (χ0) is 18.0. The van der Waals surface area contributed by atoms with E-state index in [1.54, 1.807) is 0 Å². The first-order chi connectivity index (χ1) is 12.0. The number of aryl methyl sites for hydroxylation is 1. The number of nitrogens with zero attached hydrogens (tertiary/aromatic N) is 2. The number of amides is 1. The van der Waals surface area contributed by atoms with Gasteiger partial charge in [0.2, 0.25) is 5.91 Å². The number of hydrogen-bond acceptors (Lipinski definition) is 5. The highest BCUT2D eigenvalue weighted by atomic mass is 32.1. The van der Waals surface area contributed by atoms with Gasteiger partial charge in [-0.05, 0) is 36.8 Å². The number of anilines is 1. The summed E-state index contributed by atoms with van der Waals surface area (Å²) < 4.78 is 1.26. The molecule has 0 fully saturated rings. The summed E-state index contributed by atoms with van der Waals surface area (Å²) in [5, 5.41) is 12.0. The van der Waals surface area contributed by atoms with Crippen LogP contribution in [0.1, 0.15) is 22.2 Å². The molecular weight excluding hydrogens is 342 g/mol. The standard InChI is InChI=1S/C17H15N3O4S/c1-2-12-7-13-15(25-12)18-9-20(16(13)22)8-14(21)19-11-5-3-10(4-6-11)17(23)24/h3-7,9H,2,8H2,1H3,(H,19,21)(H,23,24). The first kappa shape index (κ1) is 16.8. The van der Waals surface area contributed by atoms with Gasteiger partial charge in [-0.2, -0.15) is 0 Å². The monoisotopic (exact) mass is 357 g/mol. The van der Waals surface area contributed by atoms with Crippen molar-refractivity contribution in [3.05, 3.63) is 57.5 Å². The second kappa shape index (κ2) is 6.86. The van der Waals surface area contributed by atoms with Crippen molar-refractivity contribution in [2.75, 3.05) is 5.32 Å². The largest absolute Gasteiger partial charge is 0.478 e. The molecule has 2 N–H and O–H groups in total. The molecule has 1 amide bonds. The lowest BCUT2D eigenvalue weighted by Crippen LogP contribution is -2.27. The lowest BCUT2D eigenvalue weighted by Gasteiger charge is -2.07. The molecule has 0 saturated heterocycles. The summed E-state index contributed by atoms with van der Waals surface area (Å²) in [6, 6.07) is 7.61. The third-order valence-corrected chi connectivity index (χ3v) is 4.83. The molecule has 0 saturated carbocycles. The zero-order valence-electron chi connectivity index (χ0n) is 13.4. The quantitative estimate of drug-likeness (QED) is 0.730. The predicted molar refractivity (Wildman–Crippen MR) is 95.3 cm³/mol. The fourth-order valence-electron chi connectivity index (χ4n) is 2.35. The summed E-state index contributed by atoms with van der Waals surface area (Å²) in [5.41, 5.74) is 0.339.